The van der Waals surface area contributed by atoms with Crippen LogP contribution in [-0.4, -0.2) is 27.7 Å². The van der Waals surface area contributed by atoms with Crippen LogP contribution in [0.25, 0.3) is 10.8 Å². The third-order valence-corrected chi connectivity index (χ3v) is 5.64. The van der Waals surface area contributed by atoms with Crippen molar-refractivity contribution in [3.63, 3.8) is 0 Å². The topological polar surface area (TPSA) is 116 Å². The van der Waals surface area contributed by atoms with Gasteiger partial charge in [-0.25, -0.2) is 10.5 Å². The summed E-state index contributed by atoms with van der Waals surface area (Å²) in [6, 6.07) is 21.5. The quantitative estimate of drug-likeness (QED) is 0.267. The third-order valence-electron chi connectivity index (χ3n) is 5.15. The van der Waals surface area contributed by atoms with Crippen LogP contribution >= 0.6 is 15.9 Å². The lowest BCUT2D eigenvalue weighted by atomic mass is 10.0. The number of rotatable bonds is 6. The molecule has 2 amide bonds. The average Bonchev–Trinajstić information content (AvgIpc) is 2.87. The summed E-state index contributed by atoms with van der Waals surface area (Å²) in [5, 5.41) is 14.2. The summed E-state index contributed by atoms with van der Waals surface area (Å²) in [4.78, 5) is 38.4. The number of halogens is 1. The van der Waals surface area contributed by atoms with E-state index in [1.54, 1.807) is 61.5 Å². The number of aromatic amines is 1. The van der Waals surface area contributed by atoms with E-state index in [2.05, 4.69) is 42.0 Å². The van der Waals surface area contributed by atoms with E-state index in [0.29, 0.717) is 22.0 Å². The average molecular weight is 518 g/mol. The molecule has 170 valence electrons. The van der Waals surface area contributed by atoms with E-state index in [-0.39, 0.29) is 5.69 Å². The fourth-order valence-electron chi connectivity index (χ4n) is 3.40. The van der Waals surface area contributed by atoms with Crippen LogP contribution in [0.15, 0.2) is 93.2 Å². The molecule has 0 spiro atoms. The SMILES string of the molecule is C/C(=N/NC(=O)[C@H](NC(=O)c1ccccc1)c1n[nH]c(=O)c2ccccc12)c1cccc(Br)c1. The van der Waals surface area contributed by atoms with Crippen LogP contribution in [0.5, 0.6) is 0 Å². The van der Waals surface area contributed by atoms with E-state index in [0.717, 1.165) is 10.0 Å². The molecule has 1 atom stereocenters. The number of H-pyrrole nitrogens is 1. The summed E-state index contributed by atoms with van der Waals surface area (Å²) in [5.41, 5.74) is 4.09. The van der Waals surface area contributed by atoms with Crippen molar-refractivity contribution in [1.29, 1.82) is 0 Å². The Balaban J connectivity index is 1.70. The fourth-order valence-corrected chi connectivity index (χ4v) is 3.80. The molecule has 4 aromatic rings. The van der Waals surface area contributed by atoms with Crippen LogP contribution < -0.4 is 16.3 Å². The lowest BCUT2D eigenvalue weighted by molar-refractivity contribution is -0.123. The zero-order valence-electron chi connectivity index (χ0n) is 18.1. The van der Waals surface area contributed by atoms with E-state index in [1.807, 2.05) is 24.3 Å². The van der Waals surface area contributed by atoms with Gasteiger partial charge in [0.25, 0.3) is 17.4 Å². The summed E-state index contributed by atoms with van der Waals surface area (Å²) in [6.07, 6.45) is 0. The van der Waals surface area contributed by atoms with Crippen molar-refractivity contribution in [1.82, 2.24) is 20.9 Å². The minimum atomic E-state index is -1.21. The van der Waals surface area contributed by atoms with Gasteiger partial charge in [0.2, 0.25) is 0 Å². The Morgan fingerprint density at radius 3 is 2.35 bits per heavy atom. The number of fused-ring (bicyclic) bond motifs is 1. The molecule has 0 radical (unpaired) electrons. The molecule has 1 aromatic heterocycles. The maximum atomic E-state index is 13.3. The largest absolute Gasteiger partial charge is 0.335 e. The van der Waals surface area contributed by atoms with Gasteiger partial charge >= 0.3 is 0 Å². The summed E-state index contributed by atoms with van der Waals surface area (Å²) in [6.45, 7) is 1.76. The molecule has 0 bridgehead atoms. The predicted octanol–water partition coefficient (Wildman–Crippen LogP) is 3.70. The molecule has 3 N–H and O–H groups in total. The standard InChI is InChI=1S/C25H20BrN5O3/c1-15(17-10-7-11-18(26)14-17)28-31-25(34)22(27-23(32)16-8-3-2-4-9-16)21-19-12-5-6-13-20(19)24(33)30-29-21/h2-14,22H,1H3,(H,27,32)(H,30,33)(H,31,34)/b28-15-/t22-/m1/s1. The number of hydrogen-bond donors (Lipinski definition) is 3. The smallest absolute Gasteiger partial charge is 0.272 e. The Morgan fingerprint density at radius 1 is 0.941 bits per heavy atom. The van der Waals surface area contributed by atoms with Gasteiger partial charge in [-0.2, -0.15) is 10.2 Å². The maximum absolute atomic E-state index is 13.3. The molecular weight excluding hydrogens is 498 g/mol. The van der Waals surface area contributed by atoms with Gasteiger partial charge in [0, 0.05) is 15.4 Å². The van der Waals surface area contributed by atoms with Crippen molar-refractivity contribution < 1.29 is 9.59 Å². The number of carbonyl (C=O) groups excluding carboxylic acids is 2. The molecule has 34 heavy (non-hydrogen) atoms. The molecule has 0 unspecified atom stereocenters. The van der Waals surface area contributed by atoms with Crippen LogP contribution in [0.3, 0.4) is 0 Å². The zero-order chi connectivity index (χ0) is 24.1. The highest BCUT2D eigenvalue weighted by Gasteiger charge is 2.27. The van der Waals surface area contributed by atoms with Crippen LogP contribution in [0.4, 0.5) is 0 Å². The number of amides is 2. The number of benzene rings is 3. The molecule has 0 aliphatic rings. The first-order valence-electron chi connectivity index (χ1n) is 10.4. The second-order valence-electron chi connectivity index (χ2n) is 7.44. The molecule has 1 heterocycles. The number of carbonyl (C=O) groups is 2. The summed E-state index contributed by atoms with van der Waals surface area (Å²) < 4.78 is 0.878. The number of hydrazone groups is 1. The monoisotopic (exact) mass is 517 g/mol. The molecular formula is C25H20BrN5O3. The summed E-state index contributed by atoms with van der Waals surface area (Å²) in [5.74, 6) is -1.08. The molecule has 0 saturated heterocycles. The molecule has 9 heteroatoms. The molecule has 4 rings (SSSR count). The van der Waals surface area contributed by atoms with E-state index < -0.39 is 23.4 Å². The highest BCUT2D eigenvalue weighted by Crippen LogP contribution is 2.20. The van der Waals surface area contributed by atoms with Gasteiger partial charge < -0.3 is 5.32 Å². The Morgan fingerprint density at radius 2 is 1.62 bits per heavy atom. The Labute approximate surface area is 203 Å². The van der Waals surface area contributed by atoms with Crippen LogP contribution in [-0.2, 0) is 4.79 Å². The normalized spacial score (nSPS) is 12.2. The number of nitrogens with one attached hydrogen (secondary N) is 3. The zero-order valence-corrected chi connectivity index (χ0v) is 19.7. The summed E-state index contributed by atoms with van der Waals surface area (Å²) in [7, 11) is 0. The van der Waals surface area contributed by atoms with E-state index in [4.69, 9.17) is 0 Å². The lowest BCUT2D eigenvalue weighted by Gasteiger charge is -2.18. The van der Waals surface area contributed by atoms with E-state index >= 15 is 0 Å². The van der Waals surface area contributed by atoms with Gasteiger partial charge in [-0.3, -0.25) is 14.4 Å². The second-order valence-corrected chi connectivity index (χ2v) is 8.36. The van der Waals surface area contributed by atoms with Crippen molar-refractivity contribution in [2.75, 3.05) is 0 Å². The van der Waals surface area contributed by atoms with Gasteiger partial charge in [-0.15, -0.1) is 0 Å². The van der Waals surface area contributed by atoms with Gasteiger partial charge in [0.15, 0.2) is 6.04 Å². The Bertz CT molecular complexity index is 1450. The molecule has 0 fully saturated rings. The molecule has 0 saturated carbocycles. The molecule has 0 aliphatic heterocycles. The second kappa shape index (κ2) is 10.2. The summed E-state index contributed by atoms with van der Waals surface area (Å²) >= 11 is 3.42. The van der Waals surface area contributed by atoms with E-state index in [9.17, 15) is 14.4 Å². The van der Waals surface area contributed by atoms with Crippen LogP contribution in [0, 0.1) is 0 Å². The van der Waals surface area contributed by atoms with Crippen molar-refractivity contribution >= 4 is 44.2 Å². The van der Waals surface area contributed by atoms with Crippen molar-refractivity contribution in [2.24, 2.45) is 5.10 Å². The van der Waals surface area contributed by atoms with Crippen molar-refractivity contribution in [3.8, 4) is 0 Å². The highest BCUT2D eigenvalue weighted by molar-refractivity contribution is 9.10. The van der Waals surface area contributed by atoms with Gasteiger partial charge in [-0.05, 0) is 42.8 Å². The van der Waals surface area contributed by atoms with Crippen molar-refractivity contribution in [3.05, 3.63) is 111 Å². The van der Waals surface area contributed by atoms with Crippen molar-refractivity contribution in [2.45, 2.75) is 13.0 Å². The lowest BCUT2D eigenvalue weighted by Crippen LogP contribution is -2.40. The molecule has 8 nitrogen and oxygen atoms in total. The predicted molar refractivity (Wildman–Crippen MR) is 134 cm³/mol. The third kappa shape index (κ3) is 5.10. The minimum Gasteiger partial charge on any atom is -0.335 e. The van der Waals surface area contributed by atoms with E-state index in [1.165, 1.54) is 0 Å². The van der Waals surface area contributed by atoms with Crippen LogP contribution in [0.1, 0.15) is 34.6 Å². The molecule has 0 aliphatic carbocycles. The van der Waals surface area contributed by atoms with Gasteiger partial charge in [0.1, 0.15) is 5.69 Å². The first-order valence-corrected chi connectivity index (χ1v) is 11.2. The highest BCUT2D eigenvalue weighted by atomic mass is 79.9. The number of hydrogen-bond acceptors (Lipinski definition) is 5. The Hall–Kier alpha value is -4.11. The first-order chi connectivity index (χ1) is 16.4. The fraction of sp³-hybridized carbons (Fsp3) is 0.0800. The maximum Gasteiger partial charge on any atom is 0.272 e. The first kappa shape index (κ1) is 23.1. The number of nitrogens with zero attached hydrogens (tertiary/aromatic N) is 2. The van der Waals surface area contributed by atoms with Gasteiger partial charge in [0.05, 0.1) is 11.1 Å². The Kier molecular flexibility index (Phi) is 6.93. The van der Waals surface area contributed by atoms with Crippen LogP contribution in [0.2, 0.25) is 0 Å². The van der Waals surface area contributed by atoms with Gasteiger partial charge in [-0.1, -0.05) is 64.5 Å². The molecule has 3 aromatic carbocycles. The minimum absolute atomic E-state index is 0.201. The number of aromatic nitrogens is 2.